The van der Waals surface area contributed by atoms with E-state index in [0.717, 1.165) is 38.5 Å². The lowest BCUT2D eigenvalue weighted by Gasteiger charge is -2.25. The molecule has 1 amide bonds. The molecule has 0 radical (unpaired) electrons. The molecule has 1 unspecified atom stereocenters. The van der Waals surface area contributed by atoms with Crippen molar-refractivity contribution >= 4 is 13.7 Å². The van der Waals surface area contributed by atoms with Gasteiger partial charge in [-0.3, -0.25) is 13.8 Å². The molecule has 0 aliphatic carbocycles. The number of amides is 1. The van der Waals surface area contributed by atoms with Crippen molar-refractivity contribution in [2.24, 2.45) is 0 Å². The number of nitrogens with one attached hydrogen (secondary N) is 1. The number of phosphoric acid groups is 1. The molecule has 0 aromatic carbocycles. The van der Waals surface area contributed by atoms with Crippen LogP contribution in [0.3, 0.4) is 0 Å². The summed E-state index contributed by atoms with van der Waals surface area (Å²) in [6.45, 7) is 4.86. The lowest BCUT2D eigenvalue weighted by Crippen LogP contribution is -2.45. The molecule has 0 aromatic rings. The zero-order chi connectivity index (χ0) is 50.6. The first kappa shape index (κ1) is 68.2. The number of nitrogens with zero attached hydrogens (tertiary/aromatic N) is 1. The fourth-order valence-electron chi connectivity index (χ4n) is 9.46. The number of carbonyl (C=O) groups is 1. The minimum Gasteiger partial charge on any atom is -0.387 e. The Kier molecular flexibility index (Phi) is 51.5. The predicted octanol–water partition coefficient (Wildman–Crippen LogP) is 18.6. The van der Waals surface area contributed by atoms with E-state index < -0.39 is 20.0 Å². The number of phosphoric ester groups is 1. The standard InChI is InChI=1S/C60H121N2O6P/c1-6-8-10-12-14-16-18-20-22-23-24-25-26-27-28-29-30-31-32-33-34-35-36-37-38-39-40-42-44-46-48-50-52-54-60(64)61-58(57-68-69(65,66)67-56-55-62(3,4)5)59(63)53-51-49-47-45-43-41-21-19-17-15-13-11-9-7-2/h51,53,58-59,63H,6-50,52,54-57H2,1-5H3,(H-,61,64,65,66)/p+1/b53-51+/t58-,59+/m0/s1. The van der Waals surface area contributed by atoms with Crippen LogP contribution in [-0.2, 0) is 18.4 Å². The first-order chi connectivity index (χ1) is 33.5. The van der Waals surface area contributed by atoms with Crippen LogP contribution in [0.2, 0.25) is 0 Å². The summed E-state index contributed by atoms with van der Waals surface area (Å²) in [6, 6.07) is -0.841. The van der Waals surface area contributed by atoms with Gasteiger partial charge in [0.1, 0.15) is 13.2 Å². The number of aliphatic hydroxyl groups excluding tert-OH is 1. The Morgan fingerprint density at radius 1 is 0.478 bits per heavy atom. The maximum Gasteiger partial charge on any atom is 0.472 e. The third kappa shape index (κ3) is 54.8. The van der Waals surface area contributed by atoms with E-state index in [9.17, 15) is 19.4 Å². The molecule has 3 N–H and O–H groups in total. The van der Waals surface area contributed by atoms with Crippen LogP contribution in [-0.4, -0.2) is 73.4 Å². The van der Waals surface area contributed by atoms with E-state index in [2.05, 4.69) is 19.2 Å². The average molecular weight is 999 g/mol. The second-order valence-electron chi connectivity index (χ2n) is 22.4. The predicted molar refractivity (Wildman–Crippen MR) is 300 cm³/mol. The number of hydrogen-bond acceptors (Lipinski definition) is 5. The Morgan fingerprint density at radius 3 is 1.07 bits per heavy atom. The van der Waals surface area contributed by atoms with Crippen LogP contribution < -0.4 is 5.32 Å². The zero-order valence-corrected chi connectivity index (χ0v) is 48.0. The van der Waals surface area contributed by atoms with Gasteiger partial charge in [0, 0.05) is 6.42 Å². The van der Waals surface area contributed by atoms with Gasteiger partial charge >= 0.3 is 7.82 Å². The van der Waals surface area contributed by atoms with E-state index in [4.69, 9.17) is 9.05 Å². The Labute approximate surface area is 431 Å². The van der Waals surface area contributed by atoms with Crippen LogP contribution in [0.4, 0.5) is 0 Å². The number of aliphatic hydroxyl groups is 1. The van der Waals surface area contributed by atoms with Crippen molar-refractivity contribution < 1.29 is 32.9 Å². The molecule has 0 fully saturated rings. The molecule has 0 saturated carbocycles. The number of hydrogen-bond donors (Lipinski definition) is 3. The molecule has 0 heterocycles. The Hall–Kier alpha value is -0.760. The second kappa shape index (κ2) is 52.1. The van der Waals surface area contributed by atoms with Gasteiger partial charge in [0.15, 0.2) is 0 Å². The first-order valence-electron chi connectivity index (χ1n) is 30.6. The second-order valence-corrected chi connectivity index (χ2v) is 23.9. The van der Waals surface area contributed by atoms with Gasteiger partial charge in [-0.2, -0.15) is 0 Å². The van der Waals surface area contributed by atoms with E-state index in [1.165, 1.54) is 257 Å². The van der Waals surface area contributed by atoms with E-state index in [1.54, 1.807) is 6.08 Å². The summed E-state index contributed by atoms with van der Waals surface area (Å²) in [5.74, 6) is -0.170. The highest BCUT2D eigenvalue weighted by atomic mass is 31.2. The lowest BCUT2D eigenvalue weighted by molar-refractivity contribution is -0.870. The van der Waals surface area contributed by atoms with Gasteiger partial charge in [0.05, 0.1) is 39.9 Å². The summed E-state index contributed by atoms with van der Waals surface area (Å²) < 4.78 is 23.7. The Bertz CT molecular complexity index is 1130. The Balaban J connectivity index is 3.95. The normalized spacial score (nSPS) is 13.9. The van der Waals surface area contributed by atoms with Gasteiger partial charge in [0.2, 0.25) is 5.91 Å². The molecule has 0 rings (SSSR count). The Morgan fingerprint density at radius 2 is 0.768 bits per heavy atom. The van der Waals surface area contributed by atoms with Crippen LogP contribution in [0, 0.1) is 0 Å². The average Bonchev–Trinajstić information content (AvgIpc) is 3.31. The summed E-state index contributed by atoms with van der Waals surface area (Å²) in [5.41, 5.74) is 0. The summed E-state index contributed by atoms with van der Waals surface area (Å²) in [5, 5.41) is 13.9. The van der Waals surface area contributed by atoms with Crippen molar-refractivity contribution in [1.29, 1.82) is 0 Å². The van der Waals surface area contributed by atoms with Crippen molar-refractivity contribution in [3.8, 4) is 0 Å². The van der Waals surface area contributed by atoms with Gasteiger partial charge in [-0.15, -0.1) is 0 Å². The summed E-state index contributed by atoms with van der Waals surface area (Å²) in [6.07, 6.45) is 64.8. The number of rotatable bonds is 57. The molecule has 0 saturated heterocycles. The zero-order valence-electron chi connectivity index (χ0n) is 47.1. The molecular formula is C60H122N2O6P+. The highest BCUT2D eigenvalue weighted by molar-refractivity contribution is 7.47. The fraction of sp³-hybridized carbons (Fsp3) is 0.950. The molecule has 69 heavy (non-hydrogen) atoms. The highest BCUT2D eigenvalue weighted by Gasteiger charge is 2.27. The summed E-state index contributed by atoms with van der Waals surface area (Å²) >= 11 is 0. The SMILES string of the molecule is CCCCCCCCCCCCCC/C=C/[C@@H](O)[C@H](COP(=O)(O)OCC[N+](C)(C)C)NC(=O)CCCCCCCCCCCCCCCCCCCCCCCCCCCCCCCCCCC. The number of unbranched alkanes of at least 4 members (excludes halogenated alkanes) is 44. The summed E-state index contributed by atoms with van der Waals surface area (Å²) in [4.78, 5) is 23.3. The number of likely N-dealkylation sites (N-methyl/N-ethyl adjacent to an activating group) is 1. The molecule has 9 heteroatoms. The van der Waals surface area contributed by atoms with Crippen molar-refractivity contribution in [2.75, 3.05) is 40.9 Å². The van der Waals surface area contributed by atoms with Crippen LogP contribution in [0.25, 0.3) is 0 Å². The van der Waals surface area contributed by atoms with E-state index in [-0.39, 0.29) is 19.1 Å². The van der Waals surface area contributed by atoms with Crippen molar-refractivity contribution in [3.63, 3.8) is 0 Å². The van der Waals surface area contributed by atoms with Gasteiger partial charge in [-0.25, -0.2) is 4.57 Å². The third-order valence-electron chi connectivity index (χ3n) is 14.3. The first-order valence-corrected chi connectivity index (χ1v) is 32.1. The molecule has 3 atom stereocenters. The minimum atomic E-state index is -4.34. The van der Waals surface area contributed by atoms with Gasteiger partial charge in [-0.1, -0.05) is 302 Å². The number of allylic oxidation sites excluding steroid dienone is 1. The molecular weight excluding hydrogens is 876 g/mol. The molecule has 0 bridgehead atoms. The van der Waals surface area contributed by atoms with E-state index >= 15 is 0 Å². The molecule has 412 valence electrons. The van der Waals surface area contributed by atoms with Crippen molar-refractivity contribution in [3.05, 3.63) is 12.2 Å². The van der Waals surface area contributed by atoms with Gasteiger partial charge < -0.3 is 19.8 Å². The maximum atomic E-state index is 13.0. The van der Waals surface area contributed by atoms with Crippen LogP contribution in [0.15, 0.2) is 12.2 Å². The molecule has 0 spiro atoms. The van der Waals surface area contributed by atoms with Crippen LogP contribution >= 0.6 is 7.82 Å². The van der Waals surface area contributed by atoms with E-state index in [0.29, 0.717) is 17.4 Å². The van der Waals surface area contributed by atoms with Gasteiger partial charge in [0.25, 0.3) is 0 Å². The minimum absolute atomic E-state index is 0.0650. The van der Waals surface area contributed by atoms with Gasteiger partial charge in [-0.05, 0) is 19.3 Å². The van der Waals surface area contributed by atoms with Crippen molar-refractivity contribution in [2.45, 2.75) is 328 Å². The monoisotopic (exact) mass is 998 g/mol. The quantitative estimate of drug-likeness (QED) is 0.0243. The van der Waals surface area contributed by atoms with E-state index in [1.807, 2.05) is 27.2 Å². The fourth-order valence-corrected chi connectivity index (χ4v) is 10.2. The number of quaternary nitrogens is 1. The highest BCUT2D eigenvalue weighted by Crippen LogP contribution is 2.43. The van der Waals surface area contributed by atoms with Crippen LogP contribution in [0.5, 0.6) is 0 Å². The smallest absolute Gasteiger partial charge is 0.387 e. The number of carbonyl (C=O) groups excluding carboxylic acids is 1. The lowest BCUT2D eigenvalue weighted by atomic mass is 10.0. The van der Waals surface area contributed by atoms with Crippen molar-refractivity contribution in [1.82, 2.24) is 5.32 Å². The third-order valence-corrected chi connectivity index (χ3v) is 15.2. The molecule has 0 aromatic heterocycles. The molecule has 0 aliphatic heterocycles. The molecule has 0 aliphatic rings. The summed E-state index contributed by atoms with van der Waals surface area (Å²) in [7, 11) is 1.59. The molecule has 8 nitrogen and oxygen atoms in total. The largest absolute Gasteiger partial charge is 0.472 e. The van der Waals surface area contributed by atoms with Crippen LogP contribution in [0.1, 0.15) is 316 Å². The maximum absolute atomic E-state index is 13.0. The topological polar surface area (TPSA) is 105 Å².